The van der Waals surface area contributed by atoms with Gasteiger partial charge in [0.1, 0.15) is 11.6 Å². The lowest BCUT2D eigenvalue weighted by Gasteiger charge is -2.24. The molecule has 27 heavy (non-hydrogen) atoms. The smallest absolute Gasteiger partial charge is 0.261 e. The van der Waals surface area contributed by atoms with Crippen LogP contribution in [0.4, 0.5) is 4.39 Å². The first kappa shape index (κ1) is 21.5. The minimum absolute atomic E-state index is 0.202. The quantitative estimate of drug-likeness (QED) is 0.522. The van der Waals surface area contributed by atoms with Crippen LogP contribution in [0.25, 0.3) is 0 Å². The van der Waals surface area contributed by atoms with Gasteiger partial charge in [0.15, 0.2) is 6.10 Å². The van der Waals surface area contributed by atoms with E-state index in [4.69, 9.17) is 27.9 Å². The number of hydrogen-bond acceptors (Lipinski definition) is 2. The second-order valence-corrected chi connectivity index (χ2v) is 7.21. The van der Waals surface area contributed by atoms with E-state index in [1.54, 1.807) is 30.3 Å². The van der Waals surface area contributed by atoms with Crippen molar-refractivity contribution >= 4 is 29.1 Å². The van der Waals surface area contributed by atoms with Crippen molar-refractivity contribution in [2.75, 3.05) is 0 Å². The topological polar surface area (TPSA) is 38.3 Å². The summed E-state index contributed by atoms with van der Waals surface area (Å²) in [7, 11) is 0. The zero-order valence-electron chi connectivity index (χ0n) is 15.5. The van der Waals surface area contributed by atoms with E-state index in [0.29, 0.717) is 22.2 Å². The second kappa shape index (κ2) is 10.5. The fourth-order valence-electron chi connectivity index (χ4n) is 2.80. The maximum atomic E-state index is 13.2. The molecule has 0 saturated carbocycles. The molecule has 3 nitrogen and oxygen atoms in total. The number of hydrogen-bond donors (Lipinski definition) is 1. The van der Waals surface area contributed by atoms with Gasteiger partial charge in [0.2, 0.25) is 0 Å². The average molecular weight is 412 g/mol. The SMILES string of the molecule is CCCC(Oc1ccc(Cl)cc1Cl)C(=O)NC(CCC)c1ccc(F)cc1. The Hall–Kier alpha value is -1.78. The predicted octanol–water partition coefficient (Wildman–Crippen LogP) is 6.34. The third-order valence-corrected chi connectivity index (χ3v) is 4.70. The largest absolute Gasteiger partial charge is 0.479 e. The van der Waals surface area contributed by atoms with E-state index in [-0.39, 0.29) is 17.8 Å². The number of amides is 1. The fraction of sp³-hybridized carbons (Fsp3) is 0.381. The van der Waals surface area contributed by atoms with Crippen molar-refractivity contribution in [3.63, 3.8) is 0 Å². The van der Waals surface area contributed by atoms with E-state index in [1.165, 1.54) is 12.1 Å². The molecule has 0 aromatic heterocycles. The molecule has 2 unspecified atom stereocenters. The molecule has 2 atom stereocenters. The van der Waals surface area contributed by atoms with Crippen LogP contribution in [0.15, 0.2) is 42.5 Å². The lowest BCUT2D eigenvalue weighted by Crippen LogP contribution is -2.40. The standard InChI is InChI=1S/C21H24Cl2FNO2/c1-3-5-18(14-7-10-16(24)11-8-14)25-21(26)20(6-4-2)27-19-12-9-15(22)13-17(19)23/h7-13,18,20H,3-6H2,1-2H3,(H,25,26). The van der Waals surface area contributed by atoms with Crippen LogP contribution in [0.1, 0.15) is 51.1 Å². The number of carbonyl (C=O) groups excluding carboxylic acids is 1. The van der Waals surface area contributed by atoms with Crippen LogP contribution in [0.5, 0.6) is 5.75 Å². The van der Waals surface area contributed by atoms with Crippen molar-refractivity contribution < 1.29 is 13.9 Å². The van der Waals surface area contributed by atoms with E-state index in [2.05, 4.69) is 5.32 Å². The van der Waals surface area contributed by atoms with Crippen LogP contribution in [0.2, 0.25) is 10.0 Å². The van der Waals surface area contributed by atoms with Gasteiger partial charge in [-0.3, -0.25) is 4.79 Å². The summed E-state index contributed by atoms with van der Waals surface area (Å²) in [4.78, 5) is 12.9. The van der Waals surface area contributed by atoms with Crippen molar-refractivity contribution in [2.24, 2.45) is 0 Å². The molecule has 0 aliphatic carbocycles. The van der Waals surface area contributed by atoms with Crippen molar-refractivity contribution in [3.05, 3.63) is 63.9 Å². The van der Waals surface area contributed by atoms with Gasteiger partial charge in [-0.1, -0.05) is 62.0 Å². The van der Waals surface area contributed by atoms with Gasteiger partial charge < -0.3 is 10.1 Å². The van der Waals surface area contributed by atoms with E-state index < -0.39 is 6.10 Å². The molecular weight excluding hydrogens is 388 g/mol. The number of halogens is 3. The average Bonchev–Trinajstić information content (AvgIpc) is 2.63. The highest BCUT2D eigenvalue weighted by atomic mass is 35.5. The molecule has 0 spiro atoms. The third kappa shape index (κ3) is 6.40. The Labute approximate surface area is 169 Å². The molecule has 0 saturated heterocycles. The highest BCUT2D eigenvalue weighted by molar-refractivity contribution is 6.35. The van der Waals surface area contributed by atoms with Gasteiger partial charge in [-0.25, -0.2) is 4.39 Å². The minimum Gasteiger partial charge on any atom is -0.479 e. The minimum atomic E-state index is -0.673. The van der Waals surface area contributed by atoms with E-state index in [9.17, 15) is 9.18 Å². The summed E-state index contributed by atoms with van der Waals surface area (Å²) in [5.74, 6) is -0.0981. The third-order valence-electron chi connectivity index (χ3n) is 4.17. The van der Waals surface area contributed by atoms with Gasteiger partial charge in [0.05, 0.1) is 11.1 Å². The number of rotatable bonds is 9. The number of nitrogens with one attached hydrogen (secondary N) is 1. The maximum Gasteiger partial charge on any atom is 0.261 e. The Morgan fingerprint density at radius 3 is 2.33 bits per heavy atom. The van der Waals surface area contributed by atoms with Crippen molar-refractivity contribution in [2.45, 2.75) is 51.7 Å². The molecule has 0 aliphatic heterocycles. The van der Waals surface area contributed by atoms with Crippen LogP contribution in [0.3, 0.4) is 0 Å². The van der Waals surface area contributed by atoms with Gasteiger partial charge in [0.25, 0.3) is 5.91 Å². The van der Waals surface area contributed by atoms with Gasteiger partial charge in [0, 0.05) is 5.02 Å². The molecule has 2 aromatic rings. The zero-order chi connectivity index (χ0) is 19.8. The monoisotopic (exact) mass is 411 g/mol. The Kier molecular flexibility index (Phi) is 8.39. The van der Waals surface area contributed by atoms with Crippen molar-refractivity contribution in [1.82, 2.24) is 5.32 Å². The van der Waals surface area contributed by atoms with Gasteiger partial charge >= 0.3 is 0 Å². The fourth-order valence-corrected chi connectivity index (χ4v) is 3.25. The molecule has 2 rings (SSSR count). The van der Waals surface area contributed by atoms with Gasteiger partial charge in [-0.05, 0) is 48.7 Å². The molecule has 0 fully saturated rings. The summed E-state index contributed by atoms with van der Waals surface area (Å²) < 4.78 is 19.1. The molecule has 0 bridgehead atoms. The van der Waals surface area contributed by atoms with E-state index in [0.717, 1.165) is 24.8 Å². The molecule has 0 radical (unpaired) electrons. The Bertz CT molecular complexity index is 752. The Morgan fingerprint density at radius 1 is 1.07 bits per heavy atom. The summed E-state index contributed by atoms with van der Waals surface area (Å²) in [6, 6.07) is 10.9. The number of carbonyl (C=O) groups is 1. The van der Waals surface area contributed by atoms with Crippen LogP contribution in [0, 0.1) is 5.82 Å². The van der Waals surface area contributed by atoms with E-state index >= 15 is 0 Å². The summed E-state index contributed by atoms with van der Waals surface area (Å²) >= 11 is 12.1. The highest BCUT2D eigenvalue weighted by Gasteiger charge is 2.24. The van der Waals surface area contributed by atoms with Gasteiger partial charge in [-0.15, -0.1) is 0 Å². The molecule has 1 amide bonds. The molecule has 2 aromatic carbocycles. The van der Waals surface area contributed by atoms with Crippen LogP contribution < -0.4 is 10.1 Å². The maximum absolute atomic E-state index is 13.2. The Morgan fingerprint density at radius 2 is 1.74 bits per heavy atom. The lowest BCUT2D eigenvalue weighted by molar-refractivity contribution is -0.129. The van der Waals surface area contributed by atoms with E-state index in [1.807, 2.05) is 13.8 Å². The summed E-state index contributed by atoms with van der Waals surface area (Å²) in [5, 5.41) is 3.90. The lowest BCUT2D eigenvalue weighted by atomic mass is 10.0. The summed E-state index contributed by atoms with van der Waals surface area (Å²) in [6.45, 7) is 4.02. The normalized spacial score (nSPS) is 13.1. The number of ether oxygens (including phenoxy) is 1. The van der Waals surface area contributed by atoms with Gasteiger partial charge in [-0.2, -0.15) is 0 Å². The van der Waals surface area contributed by atoms with Crippen LogP contribution in [-0.4, -0.2) is 12.0 Å². The number of benzene rings is 2. The zero-order valence-corrected chi connectivity index (χ0v) is 17.0. The summed E-state index contributed by atoms with van der Waals surface area (Å²) in [5.41, 5.74) is 0.867. The predicted molar refractivity (Wildman–Crippen MR) is 108 cm³/mol. The molecule has 1 N–H and O–H groups in total. The van der Waals surface area contributed by atoms with Crippen molar-refractivity contribution in [1.29, 1.82) is 0 Å². The molecule has 6 heteroatoms. The van der Waals surface area contributed by atoms with Crippen LogP contribution >= 0.6 is 23.2 Å². The van der Waals surface area contributed by atoms with Crippen molar-refractivity contribution in [3.8, 4) is 5.75 Å². The molecule has 146 valence electrons. The highest BCUT2D eigenvalue weighted by Crippen LogP contribution is 2.29. The molecular formula is C21H24Cl2FNO2. The van der Waals surface area contributed by atoms with Crippen LogP contribution in [-0.2, 0) is 4.79 Å². The first-order valence-electron chi connectivity index (χ1n) is 9.12. The molecule has 0 aliphatic rings. The first-order chi connectivity index (χ1) is 12.9. The second-order valence-electron chi connectivity index (χ2n) is 6.37. The first-order valence-corrected chi connectivity index (χ1v) is 9.87. The molecule has 0 heterocycles. The summed E-state index contributed by atoms with van der Waals surface area (Å²) in [6.07, 6.45) is 2.28. The Balaban J connectivity index is 2.14.